The van der Waals surface area contributed by atoms with Gasteiger partial charge in [0.25, 0.3) is 0 Å². The van der Waals surface area contributed by atoms with E-state index < -0.39 is 5.60 Å². The molecule has 3 heteroatoms. The normalized spacial score (nSPS) is 39.7. The van der Waals surface area contributed by atoms with Crippen LogP contribution in [0.4, 0.5) is 0 Å². The summed E-state index contributed by atoms with van der Waals surface area (Å²) < 4.78 is 0. The number of carbonyl (C=O) groups excluding carboxylic acids is 1. The van der Waals surface area contributed by atoms with E-state index in [1.54, 1.807) is 0 Å². The first-order valence-electron chi connectivity index (χ1n) is 8.63. The first-order chi connectivity index (χ1) is 10.5. The molecular weight excluding hydrogens is 274 g/mol. The summed E-state index contributed by atoms with van der Waals surface area (Å²) in [6.45, 7) is 2.30. The van der Waals surface area contributed by atoms with Crippen LogP contribution in [0, 0.1) is 11.8 Å². The predicted molar refractivity (Wildman–Crippen MR) is 85.6 cm³/mol. The van der Waals surface area contributed by atoms with Crippen molar-refractivity contribution in [1.29, 1.82) is 0 Å². The van der Waals surface area contributed by atoms with Crippen LogP contribution < -0.4 is 5.73 Å². The monoisotopic (exact) mass is 299 g/mol. The maximum Gasteiger partial charge on any atom is 0.248 e. The molecule has 1 aromatic carbocycles. The number of fused-ring (bicyclic) bond motifs is 1. The predicted octanol–water partition coefficient (Wildman–Crippen LogP) is 2.93. The smallest absolute Gasteiger partial charge is 0.248 e. The van der Waals surface area contributed by atoms with Crippen molar-refractivity contribution in [3.05, 3.63) is 34.9 Å². The number of primary amides is 1. The highest BCUT2D eigenvalue weighted by Gasteiger charge is 2.62. The first-order valence-corrected chi connectivity index (χ1v) is 8.63. The second kappa shape index (κ2) is 4.58. The van der Waals surface area contributed by atoms with Gasteiger partial charge in [0, 0.05) is 11.0 Å². The Morgan fingerprint density at radius 1 is 1.27 bits per heavy atom. The molecule has 0 saturated heterocycles. The molecule has 3 nitrogen and oxygen atoms in total. The SMILES string of the molecule is CC1CC[C@]23CCCC[C@@]2(O)[C@H]1Cc1ccc(C(N)=O)cc13. The zero-order valence-corrected chi connectivity index (χ0v) is 13.3. The molecule has 0 aromatic heterocycles. The van der Waals surface area contributed by atoms with Gasteiger partial charge in [0.1, 0.15) is 0 Å². The van der Waals surface area contributed by atoms with E-state index in [9.17, 15) is 9.90 Å². The third-order valence-electron chi connectivity index (χ3n) is 6.92. The highest BCUT2D eigenvalue weighted by atomic mass is 16.3. The number of aliphatic hydroxyl groups is 1. The number of hydrogen-bond donors (Lipinski definition) is 2. The van der Waals surface area contributed by atoms with Crippen LogP contribution in [0.3, 0.4) is 0 Å². The van der Waals surface area contributed by atoms with Gasteiger partial charge in [-0.1, -0.05) is 25.8 Å². The van der Waals surface area contributed by atoms with E-state index in [1.165, 1.54) is 24.0 Å². The lowest BCUT2D eigenvalue weighted by Gasteiger charge is -2.62. The Bertz CT molecular complexity index is 640. The molecule has 22 heavy (non-hydrogen) atoms. The summed E-state index contributed by atoms with van der Waals surface area (Å²) in [6.07, 6.45) is 7.39. The summed E-state index contributed by atoms with van der Waals surface area (Å²) in [5, 5.41) is 11.7. The van der Waals surface area contributed by atoms with E-state index in [0.717, 1.165) is 32.1 Å². The lowest BCUT2D eigenvalue weighted by atomic mass is 9.44. The standard InChI is InChI=1S/C19H25NO2/c1-12-6-9-18-7-2-3-8-19(18,22)15(12)10-13-4-5-14(17(20)21)11-16(13)18/h4-5,11-12,15,22H,2-3,6-10H2,1H3,(H2,20,21)/t12?,15-,18-,19+/m0/s1. The van der Waals surface area contributed by atoms with Crippen molar-refractivity contribution >= 4 is 5.91 Å². The van der Waals surface area contributed by atoms with Gasteiger partial charge in [-0.2, -0.15) is 0 Å². The summed E-state index contributed by atoms with van der Waals surface area (Å²) in [7, 11) is 0. The van der Waals surface area contributed by atoms with Crippen LogP contribution >= 0.6 is 0 Å². The molecular formula is C19H25NO2. The Labute approximate surface area is 131 Å². The molecule has 4 atom stereocenters. The van der Waals surface area contributed by atoms with Crippen LogP contribution in [0.15, 0.2) is 18.2 Å². The van der Waals surface area contributed by atoms with Crippen molar-refractivity contribution in [2.75, 3.05) is 0 Å². The zero-order chi connectivity index (χ0) is 15.5. The van der Waals surface area contributed by atoms with E-state index in [-0.39, 0.29) is 11.3 Å². The van der Waals surface area contributed by atoms with Gasteiger partial charge in [-0.3, -0.25) is 4.79 Å². The third-order valence-corrected chi connectivity index (χ3v) is 6.92. The van der Waals surface area contributed by atoms with Crippen molar-refractivity contribution in [2.45, 2.75) is 62.9 Å². The molecule has 118 valence electrons. The molecule has 0 heterocycles. The molecule has 3 aliphatic carbocycles. The van der Waals surface area contributed by atoms with E-state index >= 15 is 0 Å². The largest absolute Gasteiger partial charge is 0.389 e. The van der Waals surface area contributed by atoms with Crippen LogP contribution in [0.25, 0.3) is 0 Å². The van der Waals surface area contributed by atoms with E-state index in [1.807, 2.05) is 12.1 Å². The van der Waals surface area contributed by atoms with Gasteiger partial charge >= 0.3 is 0 Å². The topological polar surface area (TPSA) is 63.3 Å². The van der Waals surface area contributed by atoms with Crippen LogP contribution in [-0.2, 0) is 11.8 Å². The highest BCUT2D eigenvalue weighted by molar-refractivity contribution is 5.93. The van der Waals surface area contributed by atoms with Crippen molar-refractivity contribution in [3.8, 4) is 0 Å². The molecule has 0 aliphatic heterocycles. The number of nitrogens with two attached hydrogens (primary N) is 1. The molecule has 2 saturated carbocycles. The number of rotatable bonds is 1. The summed E-state index contributed by atoms with van der Waals surface area (Å²) in [4.78, 5) is 11.6. The van der Waals surface area contributed by atoms with Gasteiger partial charge in [-0.15, -0.1) is 0 Å². The minimum atomic E-state index is -0.591. The molecule has 4 rings (SSSR count). The van der Waals surface area contributed by atoms with Gasteiger partial charge in [0.2, 0.25) is 5.91 Å². The van der Waals surface area contributed by atoms with Crippen molar-refractivity contribution in [3.63, 3.8) is 0 Å². The molecule has 1 aromatic rings. The summed E-state index contributed by atoms with van der Waals surface area (Å²) in [5.41, 5.74) is 7.88. The maximum absolute atomic E-state index is 11.7. The fourth-order valence-electron chi connectivity index (χ4n) is 5.77. The molecule has 0 spiro atoms. The number of carbonyl (C=O) groups is 1. The van der Waals surface area contributed by atoms with E-state index in [2.05, 4.69) is 13.0 Å². The molecule has 2 fully saturated rings. The van der Waals surface area contributed by atoms with Gasteiger partial charge in [-0.05, 0) is 67.2 Å². The second-order valence-corrected chi connectivity index (χ2v) is 7.78. The number of benzene rings is 1. The molecule has 3 aliphatic rings. The zero-order valence-electron chi connectivity index (χ0n) is 13.3. The molecule has 2 bridgehead atoms. The second-order valence-electron chi connectivity index (χ2n) is 7.78. The van der Waals surface area contributed by atoms with Gasteiger partial charge in [0.05, 0.1) is 5.60 Å². The van der Waals surface area contributed by atoms with Crippen LogP contribution in [0.2, 0.25) is 0 Å². The number of hydrogen-bond acceptors (Lipinski definition) is 2. The molecule has 1 unspecified atom stereocenters. The summed E-state index contributed by atoms with van der Waals surface area (Å²) in [5.74, 6) is 0.554. The van der Waals surface area contributed by atoms with E-state index in [4.69, 9.17) is 5.73 Å². The Kier molecular flexibility index (Phi) is 2.96. The van der Waals surface area contributed by atoms with E-state index in [0.29, 0.717) is 17.4 Å². The fraction of sp³-hybridized carbons (Fsp3) is 0.632. The Hall–Kier alpha value is -1.35. The lowest BCUT2D eigenvalue weighted by Crippen LogP contribution is -2.65. The Morgan fingerprint density at radius 2 is 2.05 bits per heavy atom. The van der Waals surface area contributed by atoms with Gasteiger partial charge < -0.3 is 10.8 Å². The maximum atomic E-state index is 11.7. The van der Waals surface area contributed by atoms with Crippen LogP contribution in [0.1, 0.15) is 66.9 Å². The molecule has 3 N–H and O–H groups in total. The molecule has 0 radical (unpaired) electrons. The average molecular weight is 299 g/mol. The average Bonchev–Trinajstić information content (AvgIpc) is 2.50. The minimum absolute atomic E-state index is 0.151. The van der Waals surface area contributed by atoms with Crippen LogP contribution in [-0.4, -0.2) is 16.6 Å². The van der Waals surface area contributed by atoms with Crippen molar-refractivity contribution < 1.29 is 9.90 Å². The minimum Gasteiger partial charge on any atom is -0.389 e. The van der Waals surface area contributed by atoms with Crippen molar-refractivity contribution in [2.24, 2.45) is 17.6 Å². The molecule has 1 amide bonds. The van der Waals surface area contributed by atoms with Crippen LogP contribution in [0.5, 0.6) is 0 Å². The number of amides is 1. The summed E-state index contributed by atoms with van der Waals surface area (Å²) in [6, 6.07) is 5.92. The Morgan fingerprint density at radius 3 is 2.82 bits per heavy atom. The first kappa shape index (κ1) is 14.3. The highest BCUT2D eigenvalue weighted by Crippen LogP contribution is 2.62. The Balaban J connectivity index is 1.94. The lowest BCUT2D eigenvalue weighted by molar-refractivity contribution is -0.162. The summed E-state index contributed by atoms with van der Waals surface area (Å²) >= 11 is 0. The van der Waals surface area contributed by atoms with Crippen molar-refractivity contribution in [1.82, 2.24) is 0 Å². The fourth-order valence-corrected chi connectivity index (χ4v) is 5.77. The van der Waals surface area contributed by atoms with Gasteiger partial charge in [-0.25, -0.2) is 0 Å². The third kappa shape index (κ3) is 1.63. The van der Waals surface area contributed by atoms with Gasteiger partial charge in [0.15, 0.2) is 0 Å². The quantitative estimate of drug-likeness (QED) is 0.837.